The van der Waals surface area contributed by atoms with E-state index >= 15 is 0 Å². The number of hydrogen-bond acceptors (Lipinski definition) is 3. The van der Waals surface area contributed by atoms with E-state index < -0.39 is 0 Å². The van der Waals surface area contributed by atoms with Crippen LogP contribution < -0.4 is 10.2 Å². The Labute approximate surface area is 136 Å². The maximum absolute atomic E-state index is 5.98. The summed E-state index contributed by atoms with van der Waals surface area (Å²) < 4.78 is 7.19. The van der Waals surface area contributed by atoms with E-state index in [0.29, 0.717) is 12.1 Å². The fourth-order valence-corrected chi connectivity index (χ4v) is 4.04. The Morgan fingerprint density at radius 3 is 3.00 bits per heavy atom. The van der Waals surface area contributed by atoms with E-state index in [4.69, 9.17) is 4.74 Å². The molecule has 3 rings (SSSR count). The Kier molecular flexibility index (Phi) is 5.19. The Morgan fingerprint density at radius 2 is 2.19 bits per heavy atom. The predicted octanol–water partition coefficient (Wildman–Crippen LogP) is 3.71. The Morgan fingerprint density at radius 1 is 1.33 bits per heavy atom. The van der Waals surface area contributed by atoms with Crippen molar-refractivity contribution < 1.29 is 4.74 Å². The van der Waals surface area contributed by atoms with Crippen LogP contribution in [-0.2, 0) is 11.3 Å². The molecule has 0 spiro atoms. The number of halogens is 1. The molecule has 3 nitrogen and oxygen atoms in total. The summed E-state index contributed by atoms with van der Waals surface area (Å²) in [5.74, 6) is 0. The molecule has 2 aliphatic rings. The first kappa shape index (κ1) is 15.3. The van der Waals surface area contributed by atoms with Gasteiger partial charge in [-0.1, -0.05) is 41.8 Å². The number of anilines is 1. The summed E-state index contributed by atoms with van der Waals surface area (Å²) in [5, 5.41) is 3.39. The van der Waals surface area contributed by atoms with Gasteiger partial charge in [-0.25, -0.2) is 0 Å². The molecular formula is C17H25BrN2O. The Balaban J connectivity index is 1.77. The minimum absolute atomic E-state index is 0.438. The van der Waals surface area contributed by atoms with Crippen LogP contribution in [0.4, 0.5) is 5.69 Å². The van der Waals surface area contributed by atoms with Crippen LogP contribution in [0.1, 0.15) is 38.2 Å². The smallest absolute Gasteiger partial charge is 0.0779 e. The van der Waals surface area contributed by atoms with E-state index in [1.165, 1.54) is 41.4 Å². The van der Waals surface area contributed by atoms with Gasteiger partial charge in [-0.05, 0) is 37.1 Å². The van der Waals surface area contributed by atoms with Gasteiger partial charge in [0.05, 0.1) is 18.8 Å². The highest BCUT2D eigenvalue weighted by Gasteiger charge is 2.34. The summed E-state index contributed by atoms with van der Waals surface area (Å²) >= 11 is 3.73. The van der Waals surface area contributed by atoms with E-state index in [9.17, 15) is 0 Å². The van der Waals surface area contributed by atoms with E-state index in [1.807, 2.05) is 0 Å². The highest BCUT2D eigenvalue weighted by molar-refractivity contribution is 9.10. The molecule has 4 heteroatoms. The van der Waals surface area contributed by atoms with Crippen molar-refractivity contribution in [3.63, 3.8) is 0 Å². The zero-order valence-corrected chi connectivity index (χ0v) is 14.4. The topological polar surface area (TPSA) is 24.5 Å². The molecule has 1 saturated carbocycles. The van der Waals surface area contributed by atoms with Crippen molar-refractivity contribution in [2.24, 2.45) is 0 Å². The molecule has 0 amide bonds. The average molecular weight is 353 g/mol. The second-order valence-corrected chi connectivity index (χ2v) is 6.86. The molecule has 1 aromatic rings. The van der Waals surface area contributed by atoms with Crippen LogP contribution in [0.2, 0.25) is 0 Å². The van der Waals surface area contributed by atoms with Gasteiger partial charge < -0.3 is 15.0 Å². The van der Waals surface area contributed by atoms with Crippen LogP contribution in [0, 0.1) is 0 Å². The standard InChI is InChI=1S/C17H25BrN2O/c1-2-19-12-13-7-8-14(11-15(13)18)20-9-10-21-17-6-4-3-5-16(17)20/h7-8,11,16-17,19H,2-6,9-10,12H2,1H3. The summed E-state index contributed by atoms with van der Waals surface area (Å²) in [5.41, 5.74) is 2.66. The minimum Gasteiger partial charge on any atom is -0.374 e. The normalized spacial score (nSPS) is 25.7. The zero-order valence-electron chi connectivity index (χ0n) is 12.8. The fraction of sp³-hybridized carbons (Fsp3) is 0.647. The molecule has 2 atom stereocenters. The summed E-state index contributed by atoms with van der Waals surface area (Å²) in [6.07, 6.45) is 5.58. The van der Waals surface area contributed by atoms with Crippen molar-refractivity contribution in [1.29, 1.82) is 0 Å². The van der Waals surface area contributed by atoms with Gasteiger partial charge >= 0.3 is 0 Å². The summed E-state index contributed by atoms with van der Waals surface area (Å²) in [6.45, 7) is 5.94. The second kappa shape index (κ2) is 7.12. The summed E-state index contributed by atoms with van der Waals surface area (Å²) in [7, 11) is 0. The third kappa shape index (κ3) is 3.43. The SMILES string of the molecule is CCNCc1ccc(N2CCOC3CCCCC32)cc1Br. The highest BCUT2D eigenvalue weighted by atomic mass is 79.9. The lowest BCUT2D eigenvalue weighted by atomic mass is 9.89. The monoisotopic (exact) mass is 352 g/mol. The molecule has 1 saturated heterocycles. The molecule has 0 bridgehead atoms. The minimum atomic E-state index is 0.438. The van der Waals surface area contributed by atoms with Gasteiger partial charge in [0, 0.05) is 23.2 Å². The average Bonchev–Trinajstić information content (AvgIpc) is 2.53. The van der Waals surface area contributed by atoms with Gasteiger partial charge in [0.1, 0.15) is 0 Å². The highest BCUT2D eigenvalue weighted by Crippen LogP contribution is 2.33. The maximum atomic E-state index is 5.98. The van der Waals surface area contributed by atoms with Crippen molar-refractivity contribution >= 4 is 21.6 Å². The molecule has 0 aromatic heterocycles. The Bertz CT molecular complexity index is 478. The largest absolute Gasteiger partial charge is 0.374 e. The van der Waals surface area contributed by atoms with Crippen molar-refractivity contribution in [2.75, 3.05) is 24.6 Å². The second-order valence-electron chi connectivity index (χ2n) is 6.01. The van der Waals surface area contributed by atoms with Gasteiger partial charge in [0.25, 0.3) is 0 Å². The van der Waals surface area contributed by atoms with Gasteiger partial charge in [-0.3, -0.25) is 0 Å². The molecule has 2 unspecified atom stereocenters. The number of rotatable bonds is 4. The van der Waals surface area contributed by atoms with Crippen LogP contribution in [0.25, 0.3) is 0 Å². The number of morpholine rings is 1. The summed E-state index contributed by atoms with van der Waals surface area (Å²) in [4.78, 5) is 2.56. The first-order valence-corrected chi connectivity index (χ1v) is 8.96. The lowest BCUT2D eigenvalue weighted by Crippen LogP contribution is -2.52. The van der Waals surface area contributed by atoms with E-state index in [0.717, 1.165) is 26.2 Å². The van der Waals surface area contributed by atoms with E-state index in [1.54, 1.807) is 0 Å². The van der Waals surface area contributed by atoms with Gasteiger partial charge in [0.2, 0.25) is 0 Å². The van der Waals surface area contributed by atoms with Crippen molar-refractivity contribution in [1.82, 2.24) is 5.32 Å². The number of nitrogens with one attached hydrogen (secondary N) is 1. The predicted molar refractivity (Wildman–Crippen MR) is 90.9 cm³/mol. The van der Waals surface area contributed by atoms with Crippen LogP contribution >= 0.6 is 15.9 Å². The summed E-state index contributed by atoms with van der Waals surface area (Å²) in [6, 6.07) is 7.37. The van der Waals surface area contributed by atoms with Gasteiger partial charge in [-0.2, -0.15) is 0 Å². The molecule has 116 valence electrons. The fourth-order valence-electron chi connectivity index (χ4n) is 3.53. The molecule has 1 aliphatic heterocycles. The lowest BCUT2D eigenvalue weighted by Gasteiger charge is -2.45. The zero-order chi connectivity index (χ0) is 14.7. The Hall–Kier alpha value is -0.580. The third-order valence-corrected chi connectivity index (χ3v) is 5.40. The van der Waals surface area contributed by atoms with E-state index in [-0.39, 0.29) is 0 Å². The quantitative estimate of drug-likeness (QED) is 0.893. The maximum Gasteiger partial charge on any atom is 0.0779 e. The first-order chi connectivity index (χ1) is 10.3. The number of nitrogens with zero attached hydrogens (tertiary/aromatic N) is 1. The number of fused-ring (bicyclic) bond motifs is 1. The van der Waals surface area contributed by atoms with Crippen LogP contribution in [0.5, 0.6) is 0 Å². The van der Waals surface area contributed by atoms with Crippen molar-refractivity contribution in [3.8, 4) is 0 Å². The van der Waals surface area contributed by atoms with Gasteiger partial charge in [0.15, 0.2) is 0 Å². The number of benzene rings is 1. The van der Waals surface area contributed by atoms with Gasteiger partial charge in [-0.15, -0.1) is 0 Å². The molecular weight excluding hydrogens is 328 g/mol. The molecule has 0 radical (unpaired) electrons. The molecule has 1 N–H and O–H groups in total. The molecule has 21 heavy (non-hydrogen) atoms. The van der Waals surface area contributed by atoms with Crippen LogP contribution in [-0.4, -0.2) is 31.8 Å². The third-order valence-electron chi connectivity index (χ3n) is 4.67. The first-order valence-electron chi connectivity index (χ1n) is 8.17. The van der Waals surface area contributed by atoms with Crippen LogP contribution in [0.15, 0.2) is 22.7 Å². The van der Waals surface area contributed by atoms with Crippen molar-refractivity contribution in [2.45, 2.75) is 51.3 Å². The number of hydrogen-bond donors (Lipinski definition) is 1. The van der Waals surface area contributed by atoms with Crippen molar-refractivity contribution in [3.05, 3.63) is 28.2 Å². The van der Waals surface area contributed by atoms with Crippen LogP contribution in [0.3, 0.4) is 0 Å². The molecule has 1 heterocycles. The molecule has 2 fully saturated rings. The lowest BCUT2D eigenvalue weighted by molar-refractivity contribution is -0.00868. The molecule has 1 aromatic carbocycles. The number of ether oxygens (including phenoxy) is 1. The van der Waals surface area contributed by atoms with E-state index in [2.05, 4.69) is 51.3 Å². The molecule has 1 aliphatic carbocycles.